The van der Waals surface area contributed by atoms with Gasteiger partial charge in [0, 0.05) is 46.0 Å². The average Bonchev–Trinajstić information content (AvgIpc) is 2.55. The molecule has 0 aliphatic carbocycles. The Morgan fingerprint density at radius 3 is 1.39 bits per heavy atom. The molecule has 0 aromatic heterocycles. The Labute approximate surface area is 161 Å². The van der Waals surface area contributed by atoms with Crippen LogP contribution in [-0.2, 0) is 0 Å². The highest BCUT2D eigenvalue weighted by molar-refractivity contribution is 14.0. The van der Waals surface area contributed by atoms with Gasteiger partial charge in [0.2, 0.25) is 0 Å². The summed E-state index contributed by atoms with van der Waals surface area (Å²) < 4.78 is 5.43. The number of hydrogen-bond acceptors (Lipinski definition) is 3. The fourth-order valence-electron chi connectivity index (χ4n) is 3.46. The van der Waals surface area contributed by atoms with Crippen molar-refractivity contribution < 1.29 is 0 Å². The molecule has 0 amide bonds. The number of hydrogen-bond donors (Lipinski definition) is 0. The van der Waals surface area contributed by atoms with E-state index in [0.29, 0.717) is 0 Å². The van der Waals surface area contributed by atoms with Gasteiger partial charge in [0.05, 0.1) is 6.16 Å². The maximum absolute atomic E-state index is 2.71. The summed E-state index contributed by atoms with van der Waals surface area (Å²) in [7, 11) is 2.75. The summed E-state index contributed by atoms with van der Waals surface area (Å²) in [5, 5.41) is 1.52. The van der Waals surface area contributed by atoms with Crippen LogP contribution in [0, 0.1) is 0 Å². The molecule has 0 saturated heterocycles. The van der Waals surface area contributed by atoms with Gasteiger partial charge in [0.15, 0.2) is 7.56 Å². The van der Waals surface area contributed by atoms with Gasteiger partial charge in [-0.15, -0.1) is 24.0 Å². The predicted molar refractivity (Wildman–Crippen MR) is 119 cm³/mol. The highest BCUT2D eigenvalue weighted by Crippen LogP contribution is 2.63. The number of nitrogens with zero attached hydrogens (tertiary/aromatic N) is 3. The molecule has 0 bridgehead atoms. The van der Waals surface area contributed by atoms with E-state index in [4.69, 9.17) is 0 Å². The first-order valence-electron chi connectivity index (χ1n) is 8.68. The van der Waals surface area contributed by atoms with Crippen molar-refractivity contribution in [3.8, 4) is 0 Å². The summed E-state index contributed by atoms with van der Waals surface area (Å²) >= 11 is 0. The third kappa shape index (κ3) is 4.81. The Kier molecular flexibility index (Phi) is 10.9. The molecule has 3 nitrogen and oxygen atoms in total. The zero-order chi connectivity index (χ0) is 16.8. The van der Waals surface area contributed by atoms with Crippen molar-refractivity contribution in [3.63, 3.8) is 0 Å². The van der Waals surface area contributed by atoms with Crippen LogP contribution in [0.3, 0.4) is 0 Å². The molecule has 23 heavy (non-hydrogen) atoms. The van der Waals surface area contributed by atoms with E-state index >= 15 is 0 Å². The smallest absolute Gasteiger partial charge is 0.185 e. The lowest BCUT2D eigenvalue weighted by atomic mass is 10.3. The number of benzene rings is 1. The van der Waals surface area contributed by atoms with Gasteiger partial charge < -0.3 is 4.90 Å². The first-order chi connectivity index (χ1) is 10.5. The van der Waals surface area contributed by atoms with Gasteiger partial charge in [0.1, 0.15) is 5.30 Å². The van der Waals surface area contributed by atoms with Gasteiger partial charge in [0.25, 0.3) is 0 Å². The fourth-order valence-corrected chi connectivity index (χ4v) is 8.13. The average molecular weight is 452 g/mol. The minimum Gasteiger partial charge on any atom is -0.378 e. The second kappa shape index (κ2) is 10.9. The second-order valence-electron chi connectivity index (χ2n) is 5.74. The van der Waals surface area contributed by atoms with Crippen LogP contribution < -0.4 is 10.2 Å². The molecule has 1 aromatic rings. The highest BCUT2D eigenvalue weighted by Gasteiger charge is 2.49. The summed E-state index contributed by atoms with van der Waals surface area (Å²) in [4.78, 5) is 2.17. The number of halogens is 1. The quantitative estimate of drug-likeness (QED) is 0.402. The first kappa shape index (κ1) is 23.1. The van der Waals surface area contributed by atoms with E-state index in [2.05, 4.69) is 87.2 Å². The minimum atomic E-state index is -1.45. The SMILES string of the molecule is CCN(CC)[P+](CC)(c1ccc(N(C)C)cc1)N(CC)CC.I. The summed E-state index contributed by atoms with van der Waals surface area (Å²) in [6, 6.07) is 9.27. The van der Waals surface area contributed by atoms with Crippen LogP contribution in [0.2, 0.25) is 0 Å². The number of rotatable bonds is 9. The zero-order valence-electron chi connectivity index (χ0n) is 16.0. The summed E-state index contributed by atoms with van der Waals surface area (Å²) in [5.41, 5.74) is 1.28. The molecular weight excluding hydrogens is 416 g/mol. The molecule has 0 aliphatic rings. The van der Waals surface area contributed by atoms with Gasteiger partial charge in [-0.3, -0.25) is 0 Å². The van der Waals surface area contributed by atoms with Gasteiger partial charge in [-0.2, -0.15) is 9.34 Å². The Hall–Kier alpha value is 0.1000. The van der Waals surface area contributed by atoms with Crippen molar-refractivity contribution >= 4 is 42.5 Å². The zero-order valence-corrected chi connectivity index (χ0v) is 19.3. The van der Waals surface area contributed by atoms with E-state index in [1.165, 1.54) is 17.2 Å². The van der Waals surface area contributed by atoms with E-state index in [-0.39, 0.29) is 24.0 Å². The Balaban J connectivity index is 0.00000484. The highest BCUT2D eigenvalue weighted by atomic mass is 127. The predicted octanol–water partition coefficient (Wildman–Crippen LogP) is 4.55. The van der Waals surface area contributed by atoms with E-state index in [1.54, 1.807) is 0 Å². The second-order valence-corrected chi connectivity index (χ2v) is 9.48. The molecule has 5 heteroatoms. The van der Waals surface area contributed by atoms with Crippen LogP contribution in [0.25, 0.3) is 0 Å². The van der Waals surface area contributed by atoms with E-state index in [1.807, 2.05) is 0 Å². The van der Waals surface area contributed by atoms with Gasteiger partial charge >= 0.3 is 0 Å². The van der Waals surface area contributed by atoms with E-state index in [0.717, 1.165) is 26.2 Å². The lowest BCUT2D eigenvalue weighted by molar-refractivity contribution is 0.413. The largest absolute Gasteiger partial charge is 0.378 e. The van der Waals surface area contributed by atoms with Gasteiger partial charge in [-0.25, -0.2) is 0 Å². The summed E-state index contributed by atoms with van der Waals surface area (Å²) in [6.45, 7) is 16.0. The molecule has 0 N–H and O–H groups in total. The van der Waals surface area contributed by atoms with Crippen molar-refractivity contribution in [1.82, 2.24) is 9.34 Å². The van der Waals surface area contributed by atoms with Crippen LogP contribution >= 0.6 is 31.5 Å². The van der Waals surface area contributed by atoms with Crippen LogP contribution in [0.1, 0.15) is 34.6 Å². The molecule has 0 spiro atoms. The number of anilines is 1. The minimum absolute atomic E-state index is 0. The third-order valence-corrected chi connectivity index (χ3v) is 9.63. The third-order valence-electron chi connectivity index (χ3n) is 4.62. The van der Waals surface area contributed by atoms with Gasteiger partial charge in [-0.05, 0) is 58.9 Å². The van der Waals surface area contributed by atoms with Gasteiger partial charge in [-0.1, -0.05) is 0 Å². The summed E-state index contributed by atoms with van der Waals surface area (Å²) in [5.74, 6) is 0. The van der Waals surface area contributed by atoms with Crippen LogP contribution in [0.15, 0.2) is 24.3 Å². The van der Waals surface area contributed by atoms with Crippen molar-refractivity contribution in [2.45, 2.75) is 34.6 Å². The molecule has 0 unspecified atom stereocenters. The molecule has 0 radical (unpaired) electrons. The maximum atomic E-state index is 2.71. The topological polar surface area (TPSA) is 9.72 Å². The first-order valence-corrected chi connectivity index (χ1v) is 10.6. The fraction of sp³-hybridized carbons (Fsp3) is 0.667. The normalized spacial score (nSPS) is 11.7. The molecular formula is C18H36IN3P+. The van der Waals surface area contributed by atoms with Crippen LogP contribution in [0.4, 0.5) is 5.69 Å². The molecule has 1 rings (SSSR count). The van der Waals surface area contributed by atoms with E-state index in [9.17, 15) is 0 Å². The monoisotopic (exact) mass is 452 g/mol. The van der Waals surface area contributed by atoms with E-state index < -0.39 is 7.56 Å². The summed E-state index contributed by atoms with van der Waals surface area (Å²) in [6.07, 6.45) is 1.21. The maximum Gasteiger partial charge on any atom is 0.185 e. The van der Waals surface area contributed by atoms with Crippen molar-refractivity contribution in [2.75, 3.05) is 51.3 Å². The van der Waals surface area contributed by atoms with Crippen LogP contribution in [-0.4, -0.2) is 55.8 Å². The van der Waals surface area contributed by atoms with Crippen molar-refractivity contribution in [1.29, 1.82) is 0 Å². The standard InChI is InChI=1S/C18H35N3P.HI/c1-8-20(9-2)22(12-5,21(10-3)11-4)18-15-13-17(14-16-18)19(6)7;/h13-16H,8-12H2,1-7H3;1H/q+1;. The molecule has 0 saturated carbocycles. The molecule has 134 valence electrons. The Bertz CT molecular complexity index is 416. The Morgan fingerprint density at radius 2 is 1.13 bits per heavy atom. The Morgan fingerprint density at radius 1 is 0.739 bits per heavy atom. The molecule has 0 fully saturated rings. The molecule has 1 aromatic carbocycles. The van der Waals surface area contributed by atoms with Crippen molar-refractivity contribution in [3.05, 3.63) is 24.3 Å². The van der Waals surface area contributed by atoms with Crippen LogP contribution in [0.5, 0.6) is 0 Å². The lowest BCUT2D eigenvalue weighted by Gasteiger charge is -2.41. The lowest BCUT2D eigenvalue weighted by Crippen LogP contribution is -2.43. The molecule has 0 atom stereocenters. The molecule has 0 heterocycles. The van der Waals surface area contributed by atoms with Crippen molar-refractivity contribution in [2.24, 2.45) is 0 Å². The molecule has 0 aliphatic heterocycles.